The van der Waals surface area contributed by atoms with Crippen LogP contribution in [0.5, 0.6) is 0 Å². The Morgan fingerprint density at radius 2 is 1.76 bits per heavy atom. The molecule has 1 aliphatic heterocycles. The molecule has 1 rings (SSSR count). The molecule has 0 aromatic heterocycles. The van der Waals surface area contributed by atoms with E-state index in [4.69, 9.17) is 22.3 Å². The lowest BCUT2D eigenvalue weighted by Crippen LogP contribution is -2.57. The van der Waals surface area contributed by atoms with Crippen molar-refractivity contribution in [3.63, 3.8) is 0 Å². The summed E-state index contributed by atoms with van der Waals surface area (Å²) in [6.45, 7) is 3.66. The van der Waals surface area contributed by atoms with E-state index in [1.165, 1.54) is 4.90 Å². The van der Waals surface area contributed by atoms with Crippen molar-refractivity contribution in [3.8, 4) is 0 Å². The summed E-state index contributed by atoms with van der Waals surface area (Å²) in [6, 6.07) is -4.16. The van der Waals surface area contributed by atoms with E-state index in [9.17, 15) is 24.3 Å². The minimum Gasteiger partial charge on any atom is -0.480 e. The topological polar surface area (TPSA) is 226 Å². The molecule has 0 radical (unpaired) electrons. The molecule has 1 saturated heterocycles. The first-order valence-electron chi connectivity index (χ1n) is 11.0. The molecule has 0 spiro atoms. The second kappa shape index (κ2) is 13.6. The van der Waals surface area contributed by atoms with E-state index in [2.05, 4.69) is 15.6 Å². The zero-order chi connectivity index (χ0) is 25.1. The number of rotatable bonds is 13. The number of aliphatic hydroxyl groups is 1. The van der Waals surface area contributed by atoms with Crippen molar-refractivity contribution in [3.05, 3.63) is 0 Å². The molecular weight excluding hydrogens is 434 g/mol. The lowest BCUT2D eigenvalue weighted by atomic mass is 10.0. The maximum absolute atomic E-state index is 13.1. The van der Waals surface area contributed by atoms with Gasteiger partial charge in [-0.25, -0.2) is 4.79 Å². The van der Waals surface area contributed by atoms with Crippen molar-refractivity contribution in [2.24, 2.45) is 28.1 Å². The molecule has 13 heteroatoms. The normalized spacial score (nSPS) is 18.3. The van der Waals surface area contributed by atoms with Crippen LogP contribution < -0.4 is 27.8 Å². The zero-order valence-electron chi connectivity index (χ0n) is 19.2. The number of nitrogens with one attached hydrogen (secondary N) is 2. The molecule has 0 aliphatic carbocycles. The van der Waals surface area contributed by atoms with Crippen LogP contribution in [0.15, 0.2) is 4.99 Å². The Morgan fingerprint density at radius 1 is 1.12 bits per heavy atom. The quantitative estimate of drug-likeness (QED) is 0.0850. The molecule has 0 aromatic rings. The third-order valence-electron chi connectivity index (χ3n) is 5.25. The maximum atomic E-state index is 13.1. The number of carboxylic acid groups (broad SMARTS) is 1. The van der Waals surface area contributed by atoms with Crippen molar-refractivity contribution >= 4 is 29.7 Å². The van der Waals surface area contributed by atoms with Gasteiger partial charge in [0.15, 0.2) is 5.96 Å². The summed E-state index contributed by atoms with van der Waals surface area (Å²) in [5.74, 6) is -2.98. The lowest BCUT2D eigenvalue weighted by molar-refractivity contribution is -0.149. The number of hydrogen-bond donors (Lipinski definition) is 7. The number of aliphatic imine (C=N–C) groups is 1. The van der Waals surface area contributed by atoms with E-state index in [1.807, 2.05) is 13.8 Å². The smallest absolute Gasteiger partial charge is 0.326 e. The van der Waals surface area contributed by atoms with Crippen molar-refractivity contribution in [1.82, 2.24) is 15.5 Å². The molecule has 1 heterocycles. The fraction of sp³-hybridized carbons (Fsp3) is 0.750. The first-order valence-corrected chi connectivity index (χ1v) is 11.0. The monoisotopic (exact) mass is 471 g/mol. The number of carbonyl (C=O) groups is 4. The molecule has 4 atom stereocenters. The highest BCUT2D eigenvalue weighted by molar-refractivity contribution is 5.94. The van der Waals surface area contributed by atoms with E-state index in [0.29, 0.717) is 25.8 Å². The van der Waals surface area contributed by atoms with E-state index in [0.717, 1.165) is 0 Å². The van der Waals surface area contributed by atoms with Crippen LogP contribution in [-0.4, -0.2) is 88.6 Å². The minimum atomic E-state index is -1.22. The molecule has 33 heavy (non-hydrogen) atoms. The van der Waals surface area contributed by atoms with Crippen LogP contribution >= 0.6 is 0 Å². The van der Waals surface area contributed by atoms with E-state index in [-0.39, 0.29) is 31.3 Å². The number of nitrogens with two attached hydrogens (primary N) is 3. The fourth-order valence-electron chi connectivity index (χ4n) is 3.59. The highest BCUT2D eigenvalue weighted by Crippen LogP contribution is 2.20. The minimum absolute atomic E-state index is 0.0304. The predicted molar refractivity (Wildman–Crippen MR) is 121 cm³/mol. The molecule has 3 amide bonds. The van der Waals surface area contributed by atoms with Gasteiger partial charge in [0.2, 0.25) is 17.7 Å². The Hall–Kier alpha value is -2.93. The summed E-state index contributed by atoms with van der Waals surface area (Å²) in [5, 5.41) is 23.7. The maximum Gasteiger partial charge on any atom is 0.326 e. The molecule has 10 N–H and O–H groups in total. The number of amides is 3. The Bertz CT molecular complexity index is 726. The van der Waals surface area contributed by atoms with Gasteiger partial charge in [-0.05, 0) is 38.0 Å². The first-order chi connectivity index (χ1) is 15.5. The molecule has 13 nitrogen and oxygen atoms in total. The number of aliphatic carboxylic acids is 1. The largest absolute Gasteiger partial charge is 0.480 e. The van der Waals surface area contributed by atoms with Gasteiger partial charge in [-0.1, -0.05) is 13.8 Å². The van der Waals surface area contributed by atoms with Gasteiger partial charge in [-0.15, -0.1) is 0 Å². The summed E-state index contributed by atoms with van der Waals surface area (Å²) < 4.78 is 0. The van der Waals surface area contributed by atoms with Crippen molar-refractivity contribution in [2.75, 3.05) is 19.7 Å². The van der Waals surface area contributed by atoms with Gasteiger partial charge in [-0.3, -0.25) is 19.4 Å². The van der Waals surface area contributed by atoms with Gasteiger partial charge in [0, 0.05) is 13.1 Å². The molecule has 1 aliphatic rings. The van der Waals surface area contributed by atoms with Gasteiger partial charge >= 0.3 is 5.97 Å². The van der Waals surface area contributed by atoms with Crippen LogP contribution in [0.3, 0.4) is 0 Å². The van der Waals surface area contributed by atoms with Gasteiger partial charge in [0.25, 0.3) is 0 Å². The van der Waals surface area contributed by atoms with Gasteiger partial charge in [-0.2, -0.15) is 0 Å². The molecular formula is C20H37N7O6. The second-order valence-electron chi connectivity index (χ2n) is 8.52. The third kappa shape index (κ3) is 9.22. The van der Waals surface area contributed by atoms with Crippen LogP contribution in [-0.2, 0) is 19.2 Å². The highest BCUT2D eigenvalue weighted by atomic mass is 16.4. The summed E-state index contributed by atoms with van der Waals surface area (Å²) in [4.78, 5) is 55.0. The predicted octanol–water partition coefficient (Wildman–Crippen LogP) is -2.55. The van der Waals surface area contributed by atoms with Crippen molar-refractivity contribution in [2.45, 2.75) is 70.1 Å². The number of hydrogen-bond acceptors (Lipinski definition) is 7. The number of guanidine groups is 1. The number of nitrogens with zero attached hydrogens (tertiary/aromatic N) is 2. The fourth-order valence-corrected chi connectivity index (χ4v) is 3.59. The van der Waals surface area contributed by atoms with E-state index < -0.39 is 54.5 Å². The van der Waals surface area contributed by atoms with Crippen molar-refractivity contribution in [1.29, 1.82) is 0 Å². The molecule has 0 aromatic carbocycles. The number of aliphatic hydroxyl groups excluding tert-OH is 1. The Balaban J connectivity index is 2.99. The second-order valence-corrected chi connectivity index (χ2v) is 8.52. The van der Waals surface area contributed by atoms with Crippen LogP contribution in [0.4, 0.5) is 0 Å². The van der Waals surface area contributed by atoms with Crippen molar-refractivity contribution < 1.29 is 29.4 Å². The Kier molecular flexibility index (Phi) is 11.6. The van der Waals surface area contributed by atoms with Gasteiger partial charge < -0.3 is 42.9 Å². The summed E-state index contributed by atoms with van der Waals surface area (Å²) in [6.07, 6.45) is 1.70. The van der Waals surface area contributed by atoms with Crippen LogP contribution in [0, 0.1) is 5.92 Å². The van der Waals surface area contributed by atoms with Crippen LogP contribution in [0.25, 0.3) is 0 Å². The summed E-state index contributed by atoms with van der Waals surface area (Å²) >= 11 is 0. The zero-order valence-corrected chi connectivity index (χ0v) is 19.2. The SMILES string of the molecule is CC(C)CC(NC(=O)C(CCCN=C(N)N)NC(=O)C(N)CO)C(=O)N1CCCC1C(=O)O. The summed E-state index contributed by atoms with van der Waals surface area (Å²) in [5.41, 5.74) is 16.1. The lowest BCUT2D eigenvalue weighted by Gasteiger charge is -2.29. The third-order valence-corrected chi connectivity index (χ3v) is 5.25. The molecule has 0 saturated carbocycles. The number of carbonyl (C=O) groups excluding carboxylic acids is 3. The molecule has 1 fully saturated rings. The molecule has 0 bridgehead atoms. The first kappa shape index (κ1) is 28.1. The summed E-state index contributed by atoms with van der Waals surface area (Å²) in [7, 11) is 0. The Morgan fingerprint density at radius 3 is 2.30 bits per heavy atom. The number of likely N-dealkylation sites (tertiary alicyclic amines) is 1. The average molecular weight is 472 g/mol. The van der Waals surface area contributed by atoms with Crippen LogP contribution in [0.1, 0.15) is 46.0 Å². The number of carboxylic acids is 1. The van der Waals surface area contributed by atoms with Gasteiger partial charge in [0.05, 0.1) is 6.61 Å². The van der Waals surface area contributed by atoms with E-state index >= 15 is 0 Å². The highest BCUT2D eigenvalue weighted by Gasteiger charge is 2.38. The van der Waals surface area contributed by atoms with Crippen LogP contribution in [0.2, 0.25) is 0 Å². The van der Waals surface area contributed by atoms with Gasteiger partial charge in [0.1, 0.15) is 24.2 Å². The average Bonchev–Trinajstić information content (AvgIpc) is 3.23. The standard InChI is InChI=1S/C20H37N7O6/c1-11(2)9-14(18(31)27-8-4-6-15(27)19(32)33)26-17(30)13(5-3-7-24-20(22)23)25-16(29)12(21)10-28/h11-15,28H,3-10,21H2,1-2H3,(H,25,29)(H,26,30)(H,32,33)(H4,22,23,24). The van der Waals surface area contributed by atoms with E-state index in [1.54, 1.807) is 0 Å². The molecule has 188 valence electrons. The molecule has 4 unspecified atom stereocenters. The Labute approximate surface area is 193 Å².